The summed E-state index contributed by atoms with van der Waals surface area (Å²) in [6.45, 7) is -1.86. The van der Waals surface area contributed by atoms with Gasteiger partial charge in [0.2, 0.25) is 17.7 Å². The number of anilines is 3. The first-order valence-corrected chi connectivity index (χ1v) is 17.0. The van der Waals surface area contributed by atoms with E-state index in [1.165, 1.54) is 36.4 Å². The summed E-state index contributed by atoms with van der Waals surface area (Å²) < 4.78 is 75.7. The van der Waals surface area contributed by atoms with E-state index in [1.54, 1.807) is 12.1 Å². The minimum absolute atomic E-state index is 0.0493. The zero-order valence-corrected chi connectivity index (χ0v) is 29.7. The number of benzene rings is 3. The van der Waals surface area contributed by atoms with Crippen molar-refractivity contribution in [2.24, 2.45) is 0 Å². The number of rotatable bonds is 17. The van der Waals surface area contributed by atoms with Crippen molar-refractivity contribution in [3.63, 3.8) is 0 Å². The number of halogens is 6. The number of aromatic nitrogens is 3. The summed E-state index contributed by atoms with van der Waals surface area (Å²) in [5.74, 6) is -5.83. The van der Waals surface area contributed by atoms with E-state index in [0.29, 0.717) is 23.6 Å². The fraction of sp³-hybridized carbons (Fsp3) is 0.306. The van der Waals surface area contributed by atoms with Gasteiger partial charge in [0.15, 0.2) is 18.2 Å². The molecule has 0 bridgehead atoms. The second-order valence-corrected chi connectivity index (χ2v) is 12.8. The van der Waals surface area contributed by atoms with Gasteiger partial charge in [0.05, 0.1) is 12.6 Å². The van der Waals surface area contributed by atoms with Gasteiger partial charge in [-0.2, -0.15) is 28.1 Å². The van der Waals surface area contributed by atoms with E-state index in [4.69, 9.17) is 21.1 Å². The van der Waals surface area contributed by atoms with E-state index in [9.17, 15) is 41.1 Å². The molecule has 2 amide bonds. The molecule has 0 unspecified atom stereocenters. The van der Waals surface area contributed by atoms with E-state index >= 15 is 0 Å². The van der Waals surface area contributed by atoms with Crippen molar-refractivity contribution in [2.75, 3.05) is 30.9 Å². The number of ether oxygens (including phenoxy) is 2. The number of ketones is 1. The molecule has 1 aromatic heterocycles. The first-order valence-electron chi connectivity index (χ1n) is 16.6. The maximum Gasteiger partial charge on any atom is 0.422 e. The lowest BCUT2D eigenvalue weighted by Gasteiger charge is -2.19. The van der Waals surface area contributed by atoms with Crippen molar-refractivity contribution < 1.29 is 50.6 Å². The van der Waals surface area contributed by atoms with Crippen LogP contribution >= 0.6 is 11.6 Å². The number of Topliss-reactive ketones (excluding diaryl/α,β-unsaturated/α-hetero) is 1. The number of carbonyl (C=O) groups excluding carboxylic acids is 4. The Bertz CT molecular complexity index is 2030. The summed E-state index contributed by atoms with van der Waals surface area (Å²) in [6, 6.07) is 14.4. The normalized spacial score (nSPS) is 13.6. The van der Waals surface area contributed by atoms with E-state index < -0.39 is 72.0 Å². The third-order valence-electron chi connectivity index (χ3n) is 8.30. The maximum absolute atomic E-state index is 13.9. The summed E-state index contributed by atoms with van der Waals surface area (Å²) in [7, 11) is 1.10. The molecule has 3 aromatic carbocycles. The first-order chi connectivity index (χ1) is 26.1. The highest BCUT2D eigenvalue weighted by Gasteiger charge is 2.45. The third kappa shape index (κ3) is 11.3. The summed E-state index contributed by atoms with van der Waals surface area (Å²) >= 11 is 6.02. The van der Waals surface area contributed by atoms with Crippen LogP contribution in [0.2, 0.25) is 5.02 Å². The van der Waals surface area contributed by atoms with Crippen LogP contribution in [0.25, 0.3) is 0 Å². The van der Waals surface area contributed by atoms with Gasteiger partial charge in [-0.25, -0.2) is 13.6 Å². The average Bonchev–Trinajstić information content (AvgIpc) is 3.93. The highest BCUT2D eigenvalue weighted by molar-refractivity contribution is 6.36. The van der Waals surface area contributed by atoms with E-state index in [2.05, 4.69) is 36.2 Å². The second-order valence-electron chi connectivity index (χ2n) is 12.3. The molecule has 1 aliphatic rings. The Morgan fingerprint density at radius 3 is 2.27 bits per heavy atom. The molecule has 0 radical (unpaired) electrons. The van der Waals surface area contributed by atoms with Crippen LogP contribution in [0.1, 0.15) is 47.2 Å². The van der Waals surface area contributed by atoms with Gasteiger partial charge in [-0.3, -0.25) is 14.4 Å². The standard InChI is InChI=1S/C36H33ClF5N7O6/c1-54-31(53)26(15-18-43-30(52)27(50)14-7-20-3-2-4-25(38)28(20)39)45-29(51)21-5-12-24(13-6-21)44-32-46-33(48-34(47-32)55-19-36(40,41)42)49-35(16-17-35)22-8-10-23(37)11-9-22/h2-6,8-13,26H,7,14-19H2,1H3,(H,43,52)(H,45,51)(H2,44,46,47,48,49)/t26-/m0/s1. The summed E-state index contributed by atoms with van der Waals surface area (Å²) in [5, 5.41) is 11.4. The van der Waals surface area contributed by atoms with Crippen molar-refractivity contribution in [3.8, 4) is 6.01 Å². The van der Waals surface area contributed by atoms with Gasteiger partial charge < -0.3 is 30.7 Å². The minimum Gasteiger partial charge on any atom is -0.467 e. The molecule has 0 spiro atoms. The summed E-state index contributed by atoms with van der Waals surface area (Å²) in [5.41, 5.74) is 0.658. The highest BCUT2D eigenvalue weighted by Crippen LogP contribution is 2.48. The van der Waals surface area contributed by atoms with Crippen molar-refractivity contribution in [2.45, 2.75) is 49.9 Å². The Labute approximate surface area is 315 Å². The maximum atomic E-state index is 13.9. The number of nitrogens with one attached hydrogen (secondary N) is 4. The first kappa shape index (κ1) is 40.3. The number of methoxy groups -OCH3 is 1. The molecule has 1 heterocycles. The predicted molar refractivity (Wildman–Crippen MR) is 188 cm³/mol. The molecule has 19 heteroatoms. The molecule has 5 rings (SSSR count). The smallest absolute Gasteiger partial charge is 0.422 e. The molecule has 1 saturated carbocycles. The van der Waals surface area contributed by atoms with Crippen LogP contribution < -0.4 is 26.0 Å². The lowest BCUT2D eigenvalue weighted by Crippen LogP contribution is -2.44. The van der Waals surface area contributed by atoms with Gasteiger partial charge in [0.25, 0.3) is 11.8 Å². The minimum atomic E-state index is -4.65. The van der Waals surface area contributed by atoms with E-state index in [1.807, 2.05) is 12.1 Å². The Morgan fingerprint density at radius 2 is 1.62 bits per heavy atom. The van der Waals surface area contributed by atoms with Crippen molar-refractivity contribution in [3.05, 3.63) is 100 Å². The van der Waals surface area contributed by atoms with E-state index in [0.717, 1.165) is 18.7 Å². The molecule has 0 saturated heterocycles. The van der Waals surface area contributed by atoms with Crippen LogP contribution in [0.15, 0.2) is 66.7 Å². The zero-order chi connectivity index (χ0) is 39.8. The third-order valence-corrected chi connectivity index (χ3v) is 8.55. The summed E-state index contributed by atoms with van der Waals surface area (Å²) in [6.07, 6.45) is -4.03. The van der Waals surface area contributed by atoms with Gasteiger partial charge in [0, 0.05) is 29.2 Å². The lowest BCUT2D eigenvalue weighted by atomic mass is 10.1. The van der Waals surface area contributed by atoms with Crippen LogP contribution in [0, 0.1) is 11.6 Å². The molecule has 1 atom stereocenters. The van der Waals surface area contributed by atoms with Crippen molar-refractivity contribution in [1.82, 2.24) is 25.6 Å². The molecular formula is C36H33ClF5N7O6. The largest absolute Gasteiger partial charge is 0.467 e. The van der Waals surface area contributed by atoms with Gasteiger partial charge in [0.1, 0.15) is 6.04 Å². The molecule has 1 aliphatic carbocycles. The number of amides is 2. The molecule has 0 aliphatic heterocycles. The molecule has 290 valence electrons. The molecule has 4 N–H and O–H groups in total. The van der Waals surface area contributed by atoms with Gasteiger partial charge >= 0.3 is 18.2 Å². The molecule has 1 fully saturated rings. The van der Waals surface area contributed by atoms with E-state index in [-0.39, 0.29) is 42.4 Å². The zero-order valence-electron chi connectivity index (χ0n) is 28.9. The number of esters is 1. The Kier molecular flexibility index (Phi) is 12.8. The van der Waals surface area contributed by atoms with Crippen LogP contribution in [0.4, 0.5) is 39.5 Å². The predicted octanol–water partition coefficient (Wildman–Crippen LogP) is 5.57. The van der Waals surface area contributed by atoms with Crippen LogP contribution in [0.3, 0.4) is 0 Å². The van der Waals surface area contributed by atoms with Crippen LogP contribution in [0.5, 0.6) is 6.01 Å². The van der Waals surface area contributed by atoms with Gasteiger partial charge in [-0.1, -0.05) is 35.9 Å². The monoisotopic (exact) mass is 789 g/mol. The average molecular weight is 790 g/mol. The van der Waals surface area contributed by atoms with Crippen molar-refractivity contribution >= 4 is 52.8 Å². The van der Waals surface area contributed by atoms with Gasteiger partial charge in [-0.15, -0.1) is 0 Å². The number of hydrogen-bond acceptors (Lipinski definition) is 11. The topological polar surface area (TPSA) is 174 Å². The Balaban J connectivity index is 1.19. The molecular weight excluding hydrogens is 757 g/mol. The lowest BCUT2D eigenvalue weighted by molar-refractivity contribution is -0.154. The second kappa shape index (κ2) is 17.5. The fourth-order valence-corrected chi connectivity index (χ4v) is 5.40. The molecule has 13 nitrogen and oxygen atoms in total. The Hall–Kier alpha value is -5.91. The number of aryl methyl sites for hydroxylation is 1. The van der Waals surface area contributed by atoms with Crippen LogP contribution in [-0.2, 0) is 31.1 Å². The summed E-state index contributed by atoms with van der Waals surface area (Å²) in [4.78, 5) is 62.3. The van der Waals surface area contributed by atoms with Crippen molar-refractivity contribution in [1.29, 1.82) is 0 Å². The number of alkyl halides is 3. The number of hydrogen-bond donors (Lipinski definition) is 4. The number of carbonyl (C=O) groups is 4. The highest BCUT2D eigenvalue weighted by atomic mass is 35.5. The molecule has 55 heavy (non-hydrogen) atoms. The quantitative estimate of drug-likeness (QED) is 0.0599. The fourth-order valence-electron chi connectivity index (χ4n) is 5.27. The Morgan fingerprint density at radius 1 is 0.927 bits per heavy atom. The molecule has 4 aromatic rings. The number of nitrogens with zero attached hydrogens (tertiary/aromatic N) is 3. The van der Waals surface area contributed by atoms with Gasteiger partial charge in [-0.05, 0) is 79.3 Å². The van der Waals surface area contributed by atoms with Crippen LogP contribution in [-0.4, -0.2) is 71.0 Å². The SMILES string of the molecule is COC(=O)[C@H](CCNC(=O)C(=O)CCc1cccc(F)c1F)NC(=O)c1ccc(Nc2nc(NC3(c4ccc(Cl)cc4)CC3)nc(OCC(F)(F)F)n2)cc1.